The third-order valence-corrected chi connectivity index (χ3v) is 4.45. The predicted molar refractivity (Wildman–Crippen MR) is 94.6 cm³/mol. The number of aromatic nitrogens is 2. The molecular formula is C18H23N3OS. The zero-order valence-corrected chi connectivity index (χ0v) is 15.2. The Morgan fingerprint density at radius 3 is 2.35 bits per heavy atom. The van der Waals surface area contributed by atoms with E-state index in [2.05, 4.69) is 42.0 Å². The van der Waals surface area contributed by atoms with Gasteiger partial charge in [0.2, 0.25) is 5.91 Å². The Bertz CT molecular complexity index is 695. The lowest BCUT2D eigenvalue weighted by molar-refractivity contribution is -0.127. The average molecular weight is 329 g/mol. The number of carbonyl (C=O) groups is 1. The lowest BCUT2D eigenvalue weighted by Gasteiger charge is -2.18. The lowest BCUT2D eigenvalue weighted by atomic mass is 10.1. The van der Waals surface area contributed by atoms with E-state index in [9.17, 15) is 4.79 Å². The van der Waals surface area contributed by atoms with Gasteiger partial charge in [0.25, 0.3) is 0 Å². The number of amides is 1. The van der Waals surface area contributed by atoms with Crippen molar-refractivity contribution in [3.63, 3.8) is 0 Å². The van der Waals surface area contributed by atoms with E-state index >= 15 is 0 Å². The molecule has 0 aliphatic carbocycles. The molecule has 2 aromatic rings. The van der Waals surface area contributed by atoms with Crippen LogP contribution >= 0.6 is 11.8 Å². The fourth-order valence-corrected chi connectivity index (χ4v) is 3.25. The normalized spacial score (nSPS) is 10.7. The number of hydrogen-bond acceptors (Lipinski definition) is 4. The summed E-state index contributed by atoms with van der Waals surface area (Å²) in [6.45, 7) is 8.66. The van der Waals surface area contributed by atoms with E-state index in [1.54, 1.807) is 4.90 Å². The van der Waals surface area contributed by atoms with Crippen LogP contribution in [-0.4, -0.2) is 33.6 Å². The maximum Gasteiger partial charge on any atom is 0.233 e. The molecule has 0 spiro atoms. The fourth-order valence-electron chi connectivity index (χ4n) is 2.36. The maximum atomic E-state index is 12.3. The topological polar surface area (TPSA) is 46.1 Å². The minimum absolute atomic E-state index is 0.0812. The summed E-state index contributed by atoms with van der Waals surface area (Å²) in [5, 5.41) is 0.663. The van der Waals surface area contributed by atoms with Crippen molar-refractivity contribution in [2.45, 2.75) is 39.4 Å². The number of benzene rings is 1. The highest BCUT2D eigenvalue weighted by molar-refractivity contribution is 7.99. The van der Waals surface area contributed by atoms with E-state index in [0.29, 0.717) is 17.5 Å². The third kappa shape index (κ3) is 5.06. The Balaban J connectivity index is 1.94. The van der Waals surface area contributed by atoms with Gasteiger partial charge in [-0.25, -0.2) is 9.97 Å². The second-order valence-electron chi connectivity index (χ2n) is 5.90. The molecule has 1 heterocycles. The number of carbonyl (C=O) groups excluding carboxylic acids is 1. The predicted octanol–water partition coefficient (Wildman–Crippen LogP) is 3.46. The highest BCUT2D eigenvalue weighted by Crippen LogP contribution is 2.16. The number of hydrogen-bond donors (Lipinski definition) is 0. The molecule has 0 unspecified atom stereocenters. The molecule has 0 bridgehead atoms. The van der Waals surface area contributed by atoms with Gasteiger partial charge in [0, 0.05) is 25.0 Å². The number of nitrogens with zero attached hydrogens (tertiary/aromatic N) is 3. The van der Waals surface area contributed by atoms with Gasteiger partial charge in [-0.1, -0.05) is 35.5 Å². The Hall–Kier alpha value is -1.88. The molecule has 4 nitrogen and oxygen atoms in total. The van der Waals surface area contributed by atoms with Crippen LogP contribution < -0.4 is 0 Å². The first kappa shape index (κ1) is 17.5. The van der Waals surface area contributed by atoms with Crippen molar-refractivity contribution in [1.82, 2.24) is 14.9 Å². The van der Waals surface area contributed by atoms with Crippen LogP contribution in [0, 0.1) is 27.7 Å². The molecule has 23 heavy (non-hydrogen) atoms. The minimum Gasteiger partial charge on any atom is -0.341 e. The quantitative estimate of drug-likeness (QED) is 0.622. The molecule has 0 saturated heterocycles. The average Bonchev–Trinajstić information content (AvgIpc) is 2.46. The number of aryl methyl sites for hydroxylation is 4. The molecule has 0 fully saturated rings. The summed E-state index contributed by atoms with van der Waals surface area (Å²) in [7, 11) is 1.84. The molecule has 0 N–H and O–H groups in total. The minimum atomic E-state index is 0.0812. The Morgan fingerprint density at radius 2 is 1.74 bits per heavy atom. The first-order valence-electron chi connectivity index (χ1n) is 7.60. The maximum absolute atomic E-state index is 12.3. The van der Waals surface area contributed by atoms with Gasteiger partial charge >= 0.3 is 0 Å². The van der Waals surface area contributed by atoms with E-state index in [-0.39, 0.29) is 5.91 Å². The highest BCUT2D eigenvalue weighted by atomic mass is 32.2. The molecule has 0 radical (unpaired) electrons. The first-order chi connectivity index (χ1) is 10.8. The number of thioether (sulfide) groups is 1. The van der Waals surface area contributed by atoms with Crippen LogP contribution in [-0.2, 0) is 11.3 Å². The molecule has 1 aromatic carbocycles. The van der Waals surface area contributed by atoms with Crippen molar-refractivity contribution in [2.75, 3.05) is 12.8 Å². The molecule has 0 saturated carbocycles. The van der Waals surface area contributed by atoms with E-state index in [4.69, 9.17) is 0 Å². The van der Waals surface area contributed by atoms with Gasteiger partial charge in [0.1, 0.15) is 0 Å². The summed E-state index contributed by atoms with van der Waals surface area (Å²) in [6, 6.07) is 8.25. The van der Waals surface area contributed by atoms with Gasteiger partial charge in [0.15, 0.2) is 5.16 Å². The van der Waals surface area contributed by atoms with Crippen molar-refractivity contribution in [3.05, 3.63) is 52.3 Å². The van der Waals surface area contributed by atoms with E-state index in [0.717, 1.165) is 11.4 Å². The molecule has 0 aliphatic rings. The molecule has 2 rings (SSSR count). The summed E-state index contributed by atoms with van der Waals surface area (Å²) in [6.07, 6.45) is 0. The van der Waals surface area contributed by atoms with Crippen LogP contribution in [0.2, 0.25) is 0 Å². The zero-order valence-electron chi connectivity index (χ0n) is 14.4. The van der Waals surface area contributed by atoms with Gasteiger partial charge in [0.05, 0.1) is 5.75 Å². The Kier molecular flexibility index (Phi) is 5.77. The molecule has 1 amide bonds. The summed E-state index contributed by atoms with van der Waals surface area (Å²) in [5.74, 6) is 0.433. The van der Waals surface area contributed by atoms with Crippen LogP contribution in [0.4, 0.5) is 0 Å². The first-order valence-corrected chi connectivity index (χ1v) is 8.59. The Labute approximate surface area is 142 Å². The second-order valence-corrected chi connectivity index (χ2v) is 6.84. The molecule has 1 aromatic heterocycles. The third-order valence-electron chi connectivity index (χ3n) is 3.62. The van der Waals surface area contributed by atoms with Crippen LogP contribution in [0.3, 0.4) is 0 Å². The van der Waals surface area contributed by atoms with Crippen LogP contribution in [0.5, 0.6) is 0 Å². The van der Waals surface area contributed by atoms with Gasteiger partial charge in [-0.05, 0) is 44.9 Å². The van der Waals surface area contributed by atoms with E-state index in [1.165, 1.54) is 28.5 Å². The second kappa shape index (κ2) is 7.59. The smallest absolute Gasteiger partial charge is 0.233 e. The zero-order chi connectivity index (χ0) is 17.0. The van der Waals surface area contributed by atoms with Gasteiger partial charge < -0.3 is 4.90 Å². The monoisotopic (exact) mass is 329 g/mol. The summed E-state index contributed by atoms with van der Waals surface area (Å²) in [4.78, 5) is 22.8. The molecule has 122 valence electrons. The van der Waals surface area contributed by atoms with Gasteiger partial charge in [-0.2, -0.15) is 0 Å². The SMILES string of the molecule is Cc1ccc(CN(C)C(=O)CSc2nc(C)cc(C)n2)c(C)c1. The standard InChI is InChI=1S/C18H23N3OS/c1-12-6-7-16(13(2)8-12)10-21(5)17(22)11-23-18-19-14(3)9-15(4)20-18/h6-9H,10-11H2,1-5H3. The van der Waals surface area contributed by atoms with Gasteiger partial charge in [-0.15, -0.1) is 0 Å². The lowest BCUT2D eigenvalue weighted by Crippen LogP contribution is -2.28. The van der Waals surface area contributed by atoms with Crippen molar-refractivity contribution in [3.8, 4) is 0 Å². The van der Waals surface area contributed by atoms with Crippen LogP contribution in [0.25, 0.3) is 0 Å². The molecule has 0 atom stereocenters. The molecule has 0 aliphatic heterocycles. The number of rotatable bonds is 5. The van der Waals surface area contributed by atoms with Crippen molar-refractivity contribution in [2.24, 2.45) is 0 Å². The fraction of sp³-hybridized carbons (Fsp3) is 0.389. The van der Waals surface area contributed by atoms with Crippen molar-refractivity contribution < 1.29 is 4.79 Å². The van der Waals surface area contributed by atoms with Crippen molar-refractivity contribution >= 4 is 17.7 Å². The Morgan fingerprint density at radius 1 is 1.09 bits per heavy atom. The summed E-state index contributed by atoms with van der Waals surface area (Å²) < 4.78 is 0. The molecular weight excluding hydrogens is 306 g/mol. The largest absolute Gasteiger partial charge is 0.341 e. The van der Waals surface area contributed by atoms with Gasteiger partial charge in [-0.3, -0.25) is 4.79 Å². The van der Waals surface area contributed by atoms with Crippen LogP contribution in [0.1, 0.15) is 28.1 Å². The summed E-state index contributed by atoms with van der Waals surface area (Å²) >= 11 is 1.39. The summed E-state index contributed by atoms with van der Waals surface area (Å²) in [5.41, 5.74) is 5.49. The van der Waals surface area contributed by atoms with Crippen molar-refractivity contribution in [1.29, 1.82) is 0 Å². The molecule has 5 heteroatoms. The van der Waals surface area contributed by atoms with E-state index in [1.807, 2.05) is 27.0 Å². The van der Waals surface area contributed by atoms with E-state index < -0.39 is 0 Å². The van der Waals surface area contributed by atoms with Crippen LogP contribution in [0.15, 0.2) is 29.4 Å². The highest BCUT2D eigenvalue weighted by Gasteiger charge is 2.12.